The van der Waals surface area contributed by atoms with Gasteiger partial charge < -0.3 is 43.4 Å². The fraction of sp³-hybridized carbons (Fsp3) is 0.435. The normalized spacial score (nSPS) is 11.6. The molecule has 6 amide bonds. The second-order valence-corrected chi connectivity index (χ2v) is 17.8. The molecule has 382 valence electrons. The second kappa shape index (κ2) is 28.5. The molecule has 0 saturated heterocycles. The molecule has 0 aliphatic carbocycles. The summed E-state index contributed by atoms with van der Waals surface area (Å²) in [5.74, 6) is -3.50. The quantitative estimate of drug-likeness (QED) is 0.0126. The number of amidine groups is 1. The first-order valence-corrected chi connectivity index (χ1v) is 24.1. The smallest absolute Gasteiger partial charge is 0.388 e. The molecule has 0 aliphatic heterocycles. The number of thioether (sulfide) groups is 2. The van der Waals surface area contributed by atoms with Crippen LogP contribution in [0.25, 0.3) is 0 Å². The van der Waals surface area contributed by atoms with Crippen LogP contribution in [0.5, 0.6) is 0 Å². The topological polar surface area (TPSA) is 251 Å². The van der Waals surface area contributed by atoms with Crippen LogP contribution >= 0.6 is 23.5 Å². The van der Waals surface area contributed by atoms with Gasteiger partial charge in [0.2, 0.25) is 23.6 Å². The summed E-state index contributed by atoms with van der Waals surface area (Å²) in [5.41, 5.74) is 7.54. The number of carbonyl (C=O) groups is 6. The number of aliphatic imine (C=N–C) groups is 2. The highest BCUT2D eigenvalue weighted by molar-refractivity contribution is 7.99. The van der Waals surface area contributed by atoms with E-state index in [-0.39, 0.29) is 100.0 Å². The lowest BCUT2D eigenvalue weighted by molar-refractivity contribution is -0.138. The van der Waals surface area contributed by atoms with Gasteiger partial charge in [0.1, 0.15) is 0 Å². The fourth-order valence-corrected chi connectivity index (χ4v) is 8.00. The van der Waals surface area contributed by atoms with E-state index in [1.165, 1.54) is 18.2 Å². The molecule has 0 heterocycles. The van der Waals surface area contributed by atoms with Gasteiger partial charge in [0.05, 0.1) is 56.0 Å². The highest BCUT2D eigenvalue weighted by atomic mass is 32.2. The Balaban J connectivity index is 2.02. The van der Waals surface area contributed by atoms with Crippen molar-refractivity contribution >= 4 is 93.3 Å². The molecule has 0 atom stereocenters. The van der Waals surface area contributed by atoms with Gasteiger partial charge >= 0.3 is 12.4 Å². The highest BCUT2D eigenvalue weighted by Gasteiger charge is 2.34. The molecule has 0 aromatic heterocycles. The average molecular weight is 1030 g/mol. The summed E-state index contributed by atoms with van der Waals surface area (Å²) in [6.45, 7) is 7.43. The first kappa shape index (κ1) is 58.2. The highest BCUT2D eigenvalue weighted by Crippen LogP contribution is 2.43. The van der Waals surface area contributed by atoms with Gasteiger partial charge in [0, 0.05) is 73.8 Å². The number of nitrogens with zero attached hydrogens (tertiary/aromatic N) is 2. The molecule has 70 heavy (non-hydrogen) atoms. The maximum absolute atomic E-state index is 14.4. The van der Waals surface area contributed by atoms with Gasteiger partial charge in [0.25, 0.3) is 11.8 Å². The van der Waals surface area contributed by atoms with Crippen LogP contribution in [0.3, 0.4) is 0 Å². The van der Waals surface area contributed by atoms with Crippen molar-refractivity contribution in [1.82, 2.24) is 10.6 Å². The van der Waals surface area contributed by atoms with Gasteiger partial charge in [-0.1, -0.05) is 13.0 Å². The van der Waals surface area contributed by atoms with E-state index in [9.17, 15) is 55.1 Å². The van der Waals surface area contributed by atoms with E-state index in [1.807, 2.05) is 13.8 Å². The third kappa shape index (κ3) is 20.4. The first-order chi connectivity index (χ1) is 33.0. The first-order valence-electron chi connectivity index (χ1n) is 22.1. The SMILES string of the molecule is CCC(=O)NCCSc1c(NC(=O)CCCCN=C(C)C)cc(C(F)(F)F)cc1NC(=O)c1cccc(C(=O)Nc2cc(C(F)(F)F)cc(NC(=O)CCCCN=C(C)N)c2SCCNC(=O)CN)c1. The van der Waals surface area contributed by atoms with Gasteiger partial charge in [-0.15, -0.1) is 23.5 Å². The van der Waals surface area contributed by atoms with Gasteiger partial charge in [-0.2, -0.15) is 26.3 Å². The lowest BCUT2D eigenvalue weighted by Crippen LogP contribution is -2.31. The zero-order valence-corrected chi connectivity index (χ0v) is 40.7. The number of halogens is 6. The Kier molecular flexibility index (Phi) is 23.7. The Morgan fingerprint density at radius 2 is 1.00 bits per heavy atom. The zero-order chi connectivity index (χ0) is 52.0. The number of anilines is 4. The number of amides is 6. The van der Waals surface area contributed by atoms with Crippen molar-refractivity contribution in [2.45, 2.75) is 94.8 Å². The molecule has 0 radical (unpaired) electrons. The number of carbonyl (C=O) groups excluding carboxylic acids is 6. The molecule has 0 saturated carbocycles. The van der Waals surface area contributed by atoms with E-state index >= 15 is 0 Å². The summed E-state index contributed by atoms with van der Waals surface area (Å²) >= 11 is 1.87. The van der Waals surface area contributed by atoms with Crippen LogP contribution in [0.2, 0.25) is 0 Å². The molecule has 3 aromatic carbocycles. The lowest BCUT2D eigenvalue weighted by atomic mass is 10.1. The van der Waals surface area contributed by atoms with E-state index in [1.54, 1.807) is 13.8 Å². The van der Waals surface area contributed by atoms with E-state index in [4.69, 9.17) is 11.5 Å². The Hall–Kier alpha value is -6.14. The van der Waals surface area contributed by atoms with Crippen molar-refractivity contribution in [1.29, 1.82) is 0 Å². The summed E-state index contributed by atoms with van der Waals surface area (Å²) in [4.78, 5) is 86.0. The minimum Gasteiger partial charge on any atom is -0.388 e. The predicted molar refractivity (Wildman–Crippen MR) is 263 cm³/mol. The lowest BCUT2D eigenvalue weighted by Gasteiger charge is -2.20. The number of hydrogen-bond acceptors (Lipinski definition) is 11. The summed E-state index contributed by atoms with van der Waals surface area (Å²) < 4.78 is 86.2. The Labute approximate surface area is 410 Å². The monoisotopic (exact) mass is 1020 g/mol. The number of nitrogens with two attached hydrogens (primary N) is 2. The van der Waals surface area contributed by atoms with E-state index < -0.39 is 53.0 Å². The van der Waals surface area contributed by atoms with Crippen molar-refractivity contribution in [3.63, 3.8) is 0 Å². The van der Waals surface area contributed by atoms with Crippen molar-refractivity contribution in [2.24, 2.45) is 21.5 Å². The summed E-state index contributed by atoms with van der Waals surface area (Å²) in [6, 6.07) is 7.63. The van der Waals surface area contributed by atoms with Crippen molar-refractivity contribution < 1.29 is 55.1 Å². The minimum atomic E-state index is -4.96. The van der Waals surface area contributed by atoms with E-state index in [0.717, 1.165) is 41.4 Å². The summed E-state index contributed by atoms with van der Waals surface area (Å²) in [7, 11) is 0. The molecule has 0 fully saturated rings. The van der Waals surface area contributed by atoms with Crippen LogP contribution < -0.4 is 43.4 Å². The van der Waals surface area contributed by atoms with Gasteiger partial charge in [-0.05, 0) is 88.9 Å². The molecular weight excluding hydrogens is 967 g/mol. The molecule has 3 rings (SSSR count). The standard InChI is InChI=1S/C46H58F6N10O6S2/c1-5-37(63)57-17-19-69-41-33(59-38(64)13-6-8-15-55-27(2)3)22-31(45(47,48)49)24-35(41)61-43(67)29-11-10-12-30(21-29)44(68)62-36-25-32(46(50,51)52)23-34(42(36)70-20-18-58-40(66)26-53)60-39(65)14-7-9-16-56-28(4)54/h10-12,21-25H,5-9,13-20,26,53H2,1-4H3,(H2,54,56)(H,57,63)(H,58,66)(H,59,64)(H,60,65)(H,61,67)(H,62,68). The number of unbranched alkanes of at least 4 members (excludes halogenated alkanes) is 2. The van der Waals surface area contributed by atoms with Gasteiger partial charge in [-0.3, -0.25) is 38.8 Å². The summed E-state index contributed by atoms with van der Waals surface area (Å²) in [5, 5.41) is 15.1. The molecule has 10 N–H and O–H groups in total. The van der Waals surface area contributed by atoms with Gasteiger partial charge in [0.15, 0.2) is 0 Å². The maximum atomic E-state index is 14.4. The summed E-state index contributed by atoms with van der Waals surface area (Å²) in [6.07, 6.45) is -8.15. The van der Waals surface area contributed by atoms with Crippen LogP contribution in [0.4, 0.5) is 49.1 Å². The van der Waals surface area contributed by atoms with Crippen LogP contribution in [0.1, 0.15) is 104 Å². The van der Waals surface area contributed by atoms with Crippen molar-refractivity contribution in [3.05, 3.63) is 70.8 Å². The van der Waals surface area contributed by atoms with Crippen molar-refractivity contribution in [2.75, 3.05) is 65.5 Å². The zero-order valence-electron chi connectivity index (χ0n) is 39.1. The molecule has 0 unspecified atom stereocenters. The van der Waals surface area contributed by atoms with Crippen LogP contribution in [-0.4, -0.2) is 91.2 Å². The molecule has 3 aromatic rings. The third-order valence-electron chi connectivity index (χ3n) is 9.52. The molecule has 16 nitrogen and oxygen atoms in total. The molecule has 24 heteroatoms. The van der Waals surface area contributed by atoms with E-state index in [2.05, 4.69) is 41.9 Å². The Morgan fingerprint density at radius 3 is 1.39 bits per heavy atom. The fourth-order valence-electron chi connectivity index (χ4n) is 6.12. The number of benzene rings is 3. The predicted octanol–water partition coefficient (Wildman–Crippen LogP) is 8.09. The number of nitrogens with one attached hydrogen (secondary N) is 6. The average Bonchev–Trinajstić information content (AvgIpc) is 3.28. The molecule has 0 aliphatic rings. The van der Waals surface area contributed by atoms with Crippen LogP contribution in [-0.2, 0) is 31.5 Å². The van der Waals surface area contributed by atoms with E-state index in [0.29, 0.717) is 62.8 Å². The second-order valence-electron chi connectivity index (χ2n) is 15.6. The van der Waals surface area contributed by atoms with Crippen LogP contribution in [0.15, 0.2) is 68.3 Å². The number of hydrogen-bond donors (Lipinski definition) is 8. The molecule has 0 bridgehead atoms. The Morgan fingerprint density at radius 1 is 0.586 bits per heavy atom. The maximum Gasteiger partial charge on any atom is 0.416 e. The molecular formula is C46H58F6N10O6S2. The minimum absolute atomic E-state index is 0.00132. The number of alkyl halides is 6. The van der Waals surface area contributed by atoms with Crippen LogP contribution in [0, 0.1) is 0 Å². The third-order valence-corrected chi connectivity index (χ3v) is 11.8. The molecule has 0 spiro atoms. The number of rotatable bonds is 26. The van der Waals surface area contributed by atoms with Gasteiger partial charge in [-0.25, -0.2) is 0 Å². The van der Waals surface area contributed by atoms with Crippen molar-refractivity contribution in [3.8, 4) is 0 Å². The Bertz CT molecular complexity index is 2230. The largest absolute Gasteiger partial charge is 0.416 e.